The molecule has 1 rings (SSSR count). The third kappa shape index (κ3) is 9.87. The molecule has 9 nitrogen and oxygen atoms in total. The largest absolute Gasteiger partial charge is 0.444 e. The quantitative estimate of drug-likeness (QED) is 0.400. The van der Waals surface area contributed by atoms with E-state index in [4.69, 9.17) is 10.5 Å². The zero-order chi connectivity index (χ0) is 27.6. The van der Waals surface area contributed by atoms with Crippen molar-refractivity contribution >= 4 is 23.8 Å². The van der Waals surface area contributed by atoms with Gasteiger partial charge in [0.25, 0.3) is 0 Å². The maximum Gasteiger partial charge on any atom is 0.408 e. The second-order valence-corrected chi connectivity index (χ2v) is 10.5. The Labute approximate surface area is 215 Å². The summed E-state index contributed by atoms with van der Waals surface area (Å²) in [5.41, 5.74) is 7.07. The molecule has 0 aliphatic heterocycles. The third-order valence-electron chi connectivity index (χ3n) is 5.51. The Morgan fingerprint density at radius 3 is 2.11 bits per heavy atom. The predicted molar refractivity (Wildman–Crippen MR) is 140 cm³/mol. The summed E-state index contributed by atoms with van der Waals surface area (Å²) < 4.78 is 5.35. The van der Waals surface area contributed by atoms with Gasteiger partial charge in [-0.25, -0.2) is 4.79 Å². The summed E-state index contributed by atoms with van der Waals surface area (Å²) in [6.45, 7) is 15.0. The lowest BCUT2D eigenvalue weighted by atomic mass is 9.93. The summed E-state index contributed by atoms with van der Waals surface area (Å²) in [5, 5.41) is 5.56. The number of carbonyl (C=O) groups excluding carboxylic acids is 4. The second-order valence-electron chi connectivity index (χ2n) is 10.5. The van der Waals surface area contributed by atoms with E-state index in [1.165, 1.54) is 4.90 Å². The van der Waals surface area contributed by atoms with Gasteiger partial charge in [-0.1, -0.05) is 31.5 Å². The molecular formula is C27H44N4O5. The summed E-state index contributed by atoms with van der Waals surface area (Å²) in [7, 11) is 0. The van der Waals surface area contributed by atoms with Crippen LogP contribution >= 0.6 is 0 Å². The summed E-state index contributed by atoms with van der Waals surface area (Å²) >= 11 is 0. The number of carbonyl (C=O) groups is 4. The standard InChI is InChI=1S/C27H44N4O5/c1-9-10-16-31(23(24(33)29-17(2)3)22-18(4)12-11-13-19(22)5)25(34)20(14-15-21(28)32)30-26(35)36-27(6,7)8/h11-13,17,20,23H,9-10,14-16H2,1-8H3,(H2,28,32)(H,29,33)(H,30,35). The molecule has 202 valence electrons. The summed E-state index contributed by atoms with van der Waals surface area (Å²) in [6.07, 6.45) is 0.537. The van der Waals surface area contributed by atoms with Crippen molar-refractivity contribution in [2.45, 2.75) is 105 Å². The monoisotopic (exact) mass is 504 g/mol. The minimum atomic E-state index is -1.09. The van der Waals surface area contributed by atoms with E-state index < -0.39 is 35.6 Å². The number of nitrogens with zero attached hydrogens (tertiary/aromatic N) is 1. The van der Waals surface area contributed by atoms with Gasteiger partial charge in [0.1, 0.15) is 17.7 Å². The molecule has 1 aromatic rings. The molecule has 36 heavy (non-hydrogen) atoms. The minimum Gasteiger partial charge on any atom is -0.444 e. The SMILES string of the molecule is CCCCN(C(=O)C(CCC(N)=O)NC(=O)OC(C)(C)C)C(C(=O)NC(C)C)c1c(C)cccc1C. The molecule has 0 heterocycles. The van der Waals surface area contributed by atoms with Gasteiger partial charge in [0.05, 0.1) is 0 Å². The van der Waals surface area contributed by atoms with E-state index in [-0.39, 0.29) is 24.8 Å². The zero-order valence-electron chi connectivity index (χ0n) is 23.1. The first-order chi connectivity index (χ1) is 16.7. The molecule has 9 heteroatoms. The van der Waals surface area contributed by atoms with Crippen LogP contribution in [0.3, 0.4) is 0 Å². The number of aryl methyl sites for hydroxylation is 2. The van der Waals surface area contributed by atoms with Gasteiger partial charge in [-0.3, -0.25) is 14.4 Å². The number of primary amides is 1. The first-order valence-electron chi connectivity index (χ1n) is 12.6. The van der Waals surface area contributed by atoms with Crippen LogP contribution in [-0.2, 0) is 19.1 Å². The van der Waals surface area contributed by atoms with Crippen LogP contribution in [0.25, 0.3) is 0 Å². The average molecular weight is 505 g/mol. The number of amides is 4. The van der Waals surface area contributed by atoms with E-state index >= 15 is 0 Å². The van der Waals surface area contributed by atoms with E-state index in [1.54, 1.807) is 20.8 Å². The highest BCUT2D eigenvalue weighted by Crippen LogP contribution is 2.29. The highest BCUT2D eigenvalue weighted by molar-refractivity contribution is 5.93. The Morgan fingerprint density at radius 2 is 1.64 bits per heavy atom. The van der Waals surface area contributed by atoms with Gasteiger partial charge in [-0.15, -0.1) is 0 Å². The number of rotatable bonds is 12. The molecule has 2 atom stereocenters. The van der Waals surface area contributed by atoms with Crippen LogP contribution in [0.4, 0.5) is 4.79 Å². The summed E-state index contributed by atoms with van der Waals surface area (Å²) in [6, 6.07) is 3.57. The van der Waals surface area contributed by atoms with Gasteiger partial charge < -0.3 is 26.0 Å². The second kappa shape index (κ2) is 13.8. The maximum atomic E-state index is 14.0. The van der Waals surface area contributed by atoms with E-state index in [2.05, 4.69) is 10.6 Å². The lowest BCUT2D eigenvalue weighted by molar-refractivity contribution is -0.143. The summed E-state index contributed by atoms with van der Waals surface area (Å²) in [5.74, 6) is -1.37. The normalized spacial score (nSPS) is 13.0. The average Bonchev–Trinajstić information content (AvgIpc) is 2.73. The van der Waals surface area contributed by atoms with Crippen molar-refractivity contribution in [2.24, 2.45) is 5.73 Å². The van der Waals surface area contributed by atoms with E-state index in [0.29, 0.717) is 13.0 Å². The number of ether oxygens (including phenoxy) is 1. The van der Waals surface area contributed by atoms with Crippen molar-refractivity contribution in [2.75, 3.05) is 6.54 Å². The molecule has 0 saturated heterocycles. The highest BCUT2D eigenvalue weighted by atomic mass is 16.6. The van der Waals surface area contributed by atoms with Gasteiger partial charge >= 0.3 is 6.09 Å². The van der Waals surface area contributed by atoms with Gasteiger partial charge in [0.2, 0.25) is 17.7 Å². The summed E-state index contributed by atoms with van der Waals surface area (Å²) in [4.78, 5) is 53.2. The molecule has 1 aromatic carbocycles. The molecule has 0 fully saturated rings. The highest BCUT2D eigenvalue weighted by Gasteiger charge is 2.37. The fraction of sp³-hybridized carbons (Fsp3) is 0.630. The fourth-order valence-corrected chi connectivity index (χ4v) is 3.94. The van der Waals surface area contributed by atoms with Crippen molar-refractivity contribution in [1.29, 1.82) is 0 Å². The smallest absolute Gasteiger partial charge is 0.408 e. The van der Waals surface area contributed by atoms with Crippen molar-refractivity contribution in [3.05, 3.63) is 34.9 Å². The number of alkyl carbamates (subject to hydrolysis) is 1. The van der Waals surface area contributed by atoms with Crippen LogP contribution in [-0.4, -0.2) is 52.9 Å². The predicted octanol–water partition coefficient (Wildman–Crippen LogP) is 3.66. The van der Waals surface area contributed by atoms with Crippen molar-refractivity contribution in [3.8, 4) is 0 Å². The Kier molecular flexibility index (Phi) is 11.9. The number of unbranched alkanes of at least 4 members (excludes halogenated alkanes) is 1. The molecule has 4 amide bonds. The number of hydrogen-bond acceptors (Lipinski definition) is 5. The maximum absolute atomic E-state index is 14.0. The molecule has 4 N–H and O–H groups in total. The van der Waals surface area contributed by atoms with Crippen molar-refractivity contribution < 1.29 is 23.9 Å². The van der Waals surface area contributed by atoms with Crippen LogP contribution in [0.5, 0.6) is 0 Å². The zero-order valence-corrected chi connectivity index (χ0v) is 23.1. The molecule has 0 saturated carbocycles. The lowest BCUT2D eigenvalue weighted by Gasteiger charge is -2.36. The Balaban J connectivity index is 3.57. The Hall–Kier alpha value is -3.10. The molecule has 0 radical (unpaired) electrons. The van der Waals surface area contributed by atoms with Gasteiger partial charge in [0.15, 0.2) is 0 Å². The van der Waals surface area contributed by atoms with Crippen LogP contribution in [0.2, 0.25) is 0 Å². The first kappa shape index (κ1) is 30.9. The van der Waals surface area contributed by atoms with Crippen LogP contribution in [0.15, 0.2) is 18.2 Å². The van der Waals surface area contributed by atoms with Crippen molar-refractivity contribution in [1.82, 2.24) is 15.5 Å². The Bertz CT molecular complexity index is 903. The number of nitrogens with one attached hydrogen (secondary N) is 2. The number of benzene rings is 1. The minimum absolute atomic E-state index is 0.0126. The molecule has 0 spiro atoms. The molecule has 0 aromatic heterocycles. The van der Waals surface area contributed by atoms with Crippen molar-refractivity contribution in [3.63, 3.8) is 0 Å². The number of nitrogens with two attached hydrogens (primary N) is 1. The lowest BCUT2D eigenvalue weighted by Crippen LogP contribution is -2.54. The van der Waals surface area contributed by atoms with Gasteiger partial charge in [-0.2, -0.15) is 0 Å². The van der Waals surface area contributed by atoms with E-state index in [1.807, 2.05) is 52.8 Å². The van der Waals surface area contributed by atoms with Crippen LogP contribution in [0.1, 0.15) is 90.0 Å². The van der Waals surface area contributed by atoms with E-state index in [0.717, 1.165) is 23.1 Å². The first-order valence-corrected chi connectivity index (χ1v) is 12.6. The molecule has 2 unspecified atom stereocenters. The molecule has 0 aliphatic rings. The van der Waals surface area contributed by atoms with Gasteiger partial charge in [-0.05, 0) is 78.0 Å². The van der Waals surface area contributed by atoms with E-state index in [9.17, 15) is 19.2 Å². The molecular weight excluding hydrogens is 460 g/mol. The fourth-order valence-electron chi connectivity index (χ4n) is 3.94. The molecule has 0 bridgehead atoms. The Morgan fingerprint density at radius 1 is 1.06 bits per heavy atom. The number of hydrogen-bond donors (Lipinski definition) is 3. The third-order valence-corrected chi connectivity index (χ3v) is 5.51. The van der Waals surface area contributed by atoms with Crippen LogP contribution in [0, 0.1) is 13.8 Å². The molecule has 0 aliphatic carbocycles. The topological polar surface area (TPSA) is 131 Å². The van der Waals surface area contributed by atoms with Gasteiger partial charge in [0, 0.05) is 19.0 Å². The van der Waals surface area contributed by atoms with Crippen LogP contribution < -0.4 is 16.4 Å².